The van der Waals surface area contributed by atoms with Crippen LogP contribution in [-0.2, 0) is 4.79 Å². The average molecular weight is 185 g/mol. The van der Waals surface area contributed by atoms with Crippen LogP contribution in [-0.4, -0.2) is 34.1 Å². The van der Waals surface area contributed by atoms with E-state index >= 15 is 0 Å². The van der Waals surface area contributed by atoms with Gasteiger partial charge in [-0.3, -0.25) is 9.69 Å². The van der Waals surface area contributed by atoms with Crippen molar-refractivity contribution in [3.05, 3.63) is 0 Å². The number of nitrogens with zero attached hydrogens (tertiary/aromatic N) is 1. The summed E-state index contributed by atoms with van der Waals surface area (Å²) in [7, 11) is 0. The molecule has 0 aromatic rings. The Kier molecular flexibility index (Phi) is 2.66. The predicted octanol–water partition coefficient (Wildman–Crippen LogP) is 1.58. The van der Waals surface area contributed by atoms with Crippen molar-refractivity contribution >= 4 is 5.97 Å². The molecule has 1 saturated heterocycles. The number of carboxylic acid groups (broad SMARTS) is 1. The van der Waals surface area contributed by atoms with Crippen LogP contribution in [0.1, 0.15) is 34.1 Å². The Bertz CT molecular complexity index is 207. The first-order chi connectivity index (χ1) is 5.84. The van der Waals surface area contributed by atoms with Crippen molar-refractivity contribution in [1.82, 2.24) is 4.90 Å². The van der Waals surface area contributed by atoms with Gasteiger partial charge in [0.15, 0.2) is 0 Å². The van der Waals surface area contributed by atoms with Gasteiger partial charge < -0.3 is 5.11 Å². The van der Waals surface area contributed by atoms with Gasteiger partial charge in [0, 0.05) is 5.54 Å². The maximum Gasteiger partial charge on any atom is 0.321 e. The summed E-state index contributed by atoms with van der Waals surface area (Å²) in [5, 5.41) is 9.08. The Balaban J connectivity index is 2.82. The molecule has 0 aromatic heterocycles. The Morgan fingerprint density at radius 2 is 2.00 bits per heavy atom. The van der Waals surface area contributed by atoms with Gasteiger partial charge in [-0.25, -0.2) is 0 Å². The molecule has 3 nitrogen and oxygen atoms in total. The molecule has 1 fully saturated rings. The van der Waals surface area contributed by atoms with Crippen LogP contribution in [0.15, 0.2) is 0 Å². The fourth-order valence-electron chi connectivity index (χ4n) is 2.08. The highest BCUT2D eigenvalue weighted by molar-refractivity contribution is 5.74. The molecule has 0 spiro atoms. The third kappa shape index (κ3) is 2.02. The predicted molar refractivity (Wildman–Crippen MR) is 51.7 cm³/mol. The first-order valence-electron chi connectivity index (χ1n) is 4.83. The minimum absolute atomic E-state index is 0.0339. The lowest BCUT2D eigenvalue weighted by Gasteiger charge is -2.35. The molecule has 2 atom stereocenters. The Morgan fingerprint density at radius 1 is 1.46 bits per heavy atom. The molecule has 0 unspecified atom stereocenters. The summed E-state index contributed by atoms with van der Waals surface area (Å²) in [6.45, 7) is 9.13. The highest BCUT2D eigenvalue weighted by atomic mass is 16.4. The van der Waals surface area contributed by atoms with Gasteiger partial charge in [-0.05, 0) is 39.7 Å². The smallest absolute Gasteiger partial charge is 0.321 e. The fourth-order valence-corrected chi connectivity index (χ4v) is 2.08. The number of hydrogen-bond donors (Lipinski definition) is 1. The standard InChI is InChI=1S/C10H19NO2/c1-7-5-6-11(10(2,3)4)8(7)9(12)13/h7-8H,5-6H2,1-4H3,(H,12,13)/t7-,8-/m0/s1. The topological polar surface area (TPSA) is 40.5 Å². The summed E-state index contributed by atoms with van der Waals surface area (Å²) >= 11 is 0. The van der Waals surface area contributed by atoms with Crippen LogP contribution in [0.4, 0.5) is 0 Å². The molecule has 0 radical (unpaired) electrons. The zero-order valence-corrected chi connectivity index (χ0v) is 8.87. The number of aliphatic carboxylic acids is 1. The summed E-state index contributed by atoms with van der Waals surface area (Å²) in [5.41, 5.74) is -0.0339. The van der Waals surface area contributed by atoms with Crippen molar-refractivity contribution in [2.75, 3.05) is 6.54 Å². The highest BCUT2D eigenvalue weighted by Crippen LogP contribution is 2.30. The third-order valence-corrected chi connectivity index (χ3v) is 2.81. The molecule has 1 rings (SSSR count). The molecule has 1 heterocycles. The molecule has 0 aromatic carbocycles. The van der Waals surface area contributed by atoms with E-state index in [1.807, 2.05) is 6.92 Å². The normalized spacial score (nSPS) is 30.8. The second-order valence-electron chi connectivity index (χ2n) is 4.91. The minimum Gasteiger partial charge on any atom is -0.480 e. The number of rotatable bonds is 1. The highest BCUT2D eigenvalue weighted by Gasteiger charge is 2.41. The summed E-state index contributed by atoms with van der Waals surface area (Å²) in [6, 6.07) is -0.292. The van der Waals surface area contributed by atoms with E-state index in [0.717, 1.165) is 13.0 Å². The number of hydrogen-bond acceptors (Lipinski definition) is 2. The first-order valence-corrected chi connectivity index (χ1v) is 4.83. The summed E-state index contributed by atoms with van der Waals surface area (Å²) in [6.07, 6.45) is 0.994. The Morgan fingerprint density at radius 3 is 2.31 bits per heavy atom. The van der Waals surface area contributed by atoms with Gasteiger partial charge in [0.1, 0.15) is 6.04 Å². The van der Waals surface area contributed by atoms with Crippen LogP contribution in [0.5, 0.6) is 0 Å². The van der Waals surface area contributed by atoms with Crippen molar-refractivity contribution in [1.29, 1.82) is 0 Å². The minimum atomic E-state index is -0.681. The van der Waals surface area contributed by atoms with Crippen molar-refractivity contribution < 1.29 is 9.90 Å². The lowest BCUT2D eigenvalue weighted by atomic mass is 10.00. The molecule has 0 aliphatic carbocycles. The molecular weight excluding hydrogens is 166 g/mol. The molecule has 76 valence electrons. The molecule has 0 saturated carbocycles. The van der Waals surface area contributed by atoms with Gasteiger partial charge in [-0.15, -0.1) is 0 Å². The molecule has 1 N–H and O–H groups in total. The zero-order valence-electron chi connectivity index (χ0n) is 8.87. The maximum absolute atomic E-state index is 11.0. The molecule has 3 heteroatoms. The zero-order chi connectivity index (χ0) is 10.2. The van der Waals surface area contributed by atoms with E-state index in [-0.39, 0.29) is 17.5 Å². The Hall–Kier alpha value is -0.570. The van der Waals surface area contributed by atoms with Gasteiger partial charge in [-0.1, -0.05) is 6.92 Å². The quantitative estimate of drug-likeness (QED) is 0.674. The van der Waals surface area contributed by atoms with E-state index in [2.05, 4.69) is 25.7 Å². The van der Waals surface area contributed by atoms with Crippen molar-refractivity contribution in [3.8, 4) is 0 Å². The number of carboxylic acids is 1. The summed E-state index contributed by atoms with van der Waals surface area (Å²) in [4.78, 5) is 13.1. The van der Waals surface area contributed by atoms with Crippen LogP contribution in [0, 0.1) is 5.92 Å². The lowest BCUT2D eigenvalue weighted by Crippen LogP contribution is -2.49. The monoisotopic (exact) mass is 185 g/mol. The molecular formula is C10H19NO2. The van der Waals surface area contributed by atoms with E-state index in [4.69, 9.17) is 5.11 Å². The van der Waals surface area contributed by atoms with Gasteiger partial charge in [0.25, 0.3) is 0 Å². The SMILES string of the molecule is C[C@H]1CCN(C(C)(C)C)[C@@H]1C(=O)O. The number of likely N-dealkylation sites (tertiary alicyclic amines) is 1. The van der Waals surface area contributed by atoms with Gasteiger partial charge >= 0.3 is 5.97 Å². The molecule has 13 heavy (non-hydrogen) atoms. The van der Waals surface area contributed by atoms with Gasteiger partial charge in [0.05, 0.1) is 0 Å². The maximum atomic E-state index is 11.0. The average Bonchev–Trinajstić information content (AvgIpc) is 2.28. The number of carbonyl (C=O) groups is 1. The Labute approximate surface area is 79.7 Å². The second-order valence-corrected chi connectivity index (χ2v) is 4.91. The van der Waals surface area contributed by atoms with E-state index in [1.54, 1.807) is 0 Å². The molecule has 0 bridgehead atoms. The van der Waals surface area contributed by atoms with E-state index < -0.39 is 5.97 Å². The summed E-state index contributed by atoms with van der Waals surface area (Å²) < 4.78 is 0. The first kappa shape index (κ1) is 10.5. The van der Waals surface area contributed by atoms with E-state index in [9.17, 15) is 4.79 Å². The molecule has 1 aliphatic rings. The summed E-state index contributed by atoms with van der Waals surface area (Å²) in [5.74, 6) is -0.406. The van der Waals surface area contributed by atoms with Gasteiger partial charge in [0.2, 0.25) is 0 Å². The van der Waals surface area contributed by atoms with E-state index in [1.165, 1.54) is 0 Å². The van der Waals surface area contributed by atoms with Crippen molar-refractivity contribution in [3.63, 3.8) is 0 Å². The molecule has 1 aliphatic heterocycles. The third-order valence-electron chi connectivity index (χ3n) is 2.81. The van der Waals surface area contributed by atoms with Crippen LogP contribution >= 0.6 is 0 Å². The lowest BCUT2D eigenvalue weighted by molar-refractivity contribution is -0.145. The van der Waals surface area contributed by atoms with Crippen LogP contribution in [0.3, 0.4) is 0 Å². The van der Waals surface area contributed by atoms with Crippen molar-refractivity contribution in [2.45, 2.75) is 45.7 Å². The van der Waals surface area contributed by atoms with Crippen LogP contribution in [0.2, 0.25) is 0 Å². The fraction of sp³-hybridized carbons (Fsp3) is 0.900. The largest absolute Gasteiger partial charge is 0.480 e. The molecule has 0 amide bonds. The van der Waals surface area contributed by atoms with Crippen molar-refractivity contribution in [2.24, 2.45) is 5.92 Å². The van der Waals surface area contributed by atoms with Crippen LogP contribution in [0.25, 0.3) is 0 Å². The van der Waals surface area contributed by atoms with Gasteiger partial charge in [-0.2, -0.15) is 0 Å². The second kappa shape index (κ2) is 3.29. The van der Waals surface area contributed by atoms with Crippen LogP contribution < -0.4 is 0 Å². The van der Waals surface area contributed by atoms with E-state index in [0.29, 0.717) is 0 Å².